The summed E-state index contributed by atoms with van der Waals surface area (Å²) in [5, 5.41) is 0. The fraction of sp³-hybridized carbons (Fsp3) is 0.562. The molecule has 0 N–H and O–H groups in total. The van der Waals surface area contributed by atoms with Gasteiger partial charge in [-0.3, -0.25) is 9.80 Å². The molecule has 0 spiro atoms. The lowest BCUT2D eigenvalue weighted by atomic mass is 10.00. The summed E-state index contributed by atoms with van der Waals surface area (Å²) >= 11 is 0. The average molecular weight is 274 g/mol. The highest BCUT2D eigenvalue weighted by molar-refractivity contribution is 5.89. The van der Waals surface area contributed by atoms with Crippen LogP contribution in [0.15, 0.2) is 30.3 Å². The van der Waals surface area contributed by atoms with Crippen molar-refractivity contribution in [2.45, 2.75) is 25.9 Å². The van der Waals surface area contributed by atoms with Gasteiger partial charge in [0.2, 0.25) is 0 Å². The summed E-state index contributed by atoms with van der Waals surface area (Å²) < 4.78 is 5.51. The van der Waals surface area contributed by atoms with Crippen molar-refractivity contribution >= 4 is 11.8 Å². The van der Waals surface area contributed by atoms with E-state index < -0.39 is 0 Å². The molecule has 1 aromatic carbocycles. The Labute approximate surface area is 120 Å². The molecular formula is C16H22N2O2. The zero-order chi connectivity index (χ0) is 13.9. The Morgan fingerprint density at radius 2 is 2.05 bits per heavy atom. The summed E-state index contributed by atoms with van der Waals surface area (Å²) in [5.74, 6) is 0.756. The number of hydrogen-bond donors (Lipinski definition) is 0. The second kappa shape index (κ2) is 5.83. The molecule has 0 aromatic heterocycles. The Morgan fingerprint density at radius 1 is 1.25 bits per heavy atom. The van der Waals surface area contributed by atoms with Crippen LogP contribution in [-0.4, -0.2) is 43.3 Å². The number of carbonyl (C=O) groups is 1. The zero-order valence-corrected chi connectivity index (χ0v) is 12.0. The van der Waals surface area contributed by atoms with Gasteiger partial charge in [-0.05, 0) is 37.4 Å². The molecule has 1 amide bonds. The molecule has 2 atom stereocenters. The van der Waals surface area contributed by atoms with Gasteiger partial charge in [-0.1, -0.05) is 25.1 Å². The quantitative estimate of drug-likeness (QED) is 0.849. The van der Waals surface area contributed by atoms with Gasteiger partial charge in [-0.15, -0.1) is 0 Å². The van der Waals surface area contributed by atoms with Crippen LogP contribution in [0, 0.1) is 5.92 Å². The van der Waals surface area contributed by atoms with Crippen molar-refractivity contribution in [1.29, 1.82) is 0 Å². The normalized spacial score (nSPS) is 27.6. The van der Waals surface area contributed by atoms with Crippen molar-refractivity contribution in [2.24, 2.45) is 5.92 Å². The third-order valence-electron chi connectivity index (χ3n) is 4.14. The summed E-state index contributed by atoms with van der Waals surface area (Å²) in [6, 6.07) is 9.75. The molecule has 4 heteroatoms. The number of ether oxygens (including phenoxy) is 1. The van der Waals surface area contributed by atoms with E-state index in [9.17, 15) is 4.79 Å². The highest BCUT2D eigenvalue weighted by Gasteiger charge is 2.33. The van der Waals surface area contributed by atoms with Gasteiger partial charge < -0.3 is 4.74 Å². The first-order chi connectivity index (χ1) is 9.72. The van der Waals surface area contributed by atoms with Crippen molar-refractivity contribution in [1.82, 2.24) is 4.90 Å². The third-order valence-corrected chi connectivity index (χ3v) is 4.14. The molecule has 2 fully saturated rings. The van der Waals surface area contributed by atoms with Crippen molar-refractivity contribution in [3.05, 3.63) is 30.3 Å². The highest BCUT2D eigenvalue weighted by Crippen LogP contribution is 2.23. The van der Waals surface area contributed by atoms with E-state index in [0.717, 1.165) is 31.2 Å². The molecule has 2 heterocycles. The number of benzene rings is 1. The maximum absolute atomic E-state index is 12.0. The first kappa shape index (κ1) is 13.4. The van der Waals surface area contributed by atoms with E-state index in [4.69, 9.17) is 4.74 Å². The summed E-state index contributed by atoms with van der Waals surface area (Å²) in [6.07, 6.45) is 2.35. The van der Waals surface area contributed by atoms with Crippen molar-refractivity contribution in [3.8, 4) is 0 Å². The molecule has 0 radical (unpaired) electrons. The van der Waals surface area contributed by atoms with Crippen molar-refractivity contribution in [2.75, 3.05) is 31.1 Å². The van der Waals surface area contributed by atoms with Crippen LogP contribution in [0.1, 0.15) is 19.8 Å². The van der Waals surface area contributed by atoms with Gasteiger partial charge in [-0.25, -0.2) is 4.79 Å². The third kappa shape index (κ3) is 2.96. The maximum Gasteiger partial charge on any atom is 0.414 e. The van der Waals surface area contributed by atoms with Crippen LogP contribution in [0.2, 0.25) is 0 Å². The Hall–Kier alpha value is -1.55. The summed E-state index contributed by atoms with van der Waals surface area (Å²) in [6.45, 7) is 6.07. The molecule has 1 aromatic rings. The molecule has 3 rings (SSSR count). The van der Waals surface area contributed by atoms with E-state index in [1.165, 1.54) is 12.8 Å². The predicted molar refractivity (Wildman–Crippen MR) is 78.9 cm³/mol. The monoisotopic (exact) mass is 274 g/mol. The van der Waals surface area contributed by atoms with Crippen LogP contribution in [-0.2, 0) is 4.74 Å². The van der Waals surface area contributed by atoms with Gasteiger partial charge in [0.1, 0.15) is 6.10 Å². The average Bonchev–Trinajstić information content (AvgIpc) is 2.80. The van der Waals surface area contributed by atoms with Crippen LogP contribution in [0.4, 0.5) is 10.5 Å². The topological polar surface area (TPSA) is 32.8 Å². The van der Waals surface area contributed by atoms with E-state index in [2.05, 4.69) is 11.8 Å². The fourth-order valence-corrected chi connectivity index (χ4v) is 3.18. The number of nitrogens with zero attached hydrogens (tertiary/aromatic N) is 2. The molecule has 0 unspecified atom stereocenters. The van der Waals surface area contributed by atoms with E-state index in [-0.39, 0.29) is 12.2 Å². The Bertz CT molecular complexity index is 463. The molecule has 2 aliphatic heterocycles. The minimum Gasteiger partial charge on any atom is -0.443 e. The molecule has 20 heavy (non-hydrogen) atoms. The Kier molecular flexibility index (Phi) is 3.92. The van der Waals surface area contributed by atoms with Crippen molar-refractivity contribution < 1.29 is 9.53 Å². The number of rotatable bonds is 3. The minimum atomic E-state index is -0.216. The Morgan fingerprint density at radius 3 is 2.80 bits per heavy atom. The molecule has 108 valence electrons. The number of anilines is 1. The van der Waals surface area contributed by atoms with Gasteiger partial charge >= 0.3 is 6.09 Å². The number of cyclic esters (lactones) is 1. The van der Waals surface area contributed by atoms with Crippen LogP contribution in [0.25, 0.3) is 0 Å². The van der Waals surface area contributed by atoms with Crippen LogP contribution < -0.4 is 4.90 Å². The number of carbonyl (C=O) groups excluding carboxylic acids is 1. The summed E-state index contributed by atoms with van der Waals surface area (Å²) in [5.41, 5.74) is 0.923. The summed E-state index contributed by atoms with van der Waals surface area (Å²) in [7, 11) is 0. The van der Waals surface area contributed by atoms with E-state index in [1.54, 1.807) is 4.90 Å². The van der Waals surface area contributed by atoms with Crippen LogP contribution >= 0.6 is 0 Å². The minimum absolute atomic E-state index is 0.00648. The van der Waals surface area contributed by atoms with Gasteiger partial charge in [0, 0.05) is 18.8 Å². The molecular weight excluding hydrogens is 252 g/mol. The highest BCUT2D eigenvalue weighted by atomic mass is 16.6. The fourth-order valence-electron chi connectivity index (χ4n) is 3.18. The van der Waals surface area contributed by atoms with Gasteiger partial charge in [0.15, 0.2) is 0 Å². The van der Waals surface area contributed by atoms with Gasteiger partial charge in [-0.2, -0.15) is 0 Å². The molecule has 0 bridgehead atoms. The zero-order valence-electron chi connectivity index (χ0n) is 12.0. The smallest absolute Gasteiger partial charge is 0.414 e. The van der Waals surface area contributed by atoms with E-state index >= 15 is 0 Å². The van der Waals surface area contributed by atoms with E-state index in [1.807, 2.05) is 30.3 Å². The molecule has 2 saturated heterocycles. The van der Waals surface area contributed by atoms with Crippen LogP contribution in [0.3, 0.4) is 0 Å². The number of likely N-dealkylation sites (tertiary alicyclic amines) is 1. The number of para-hydroxylation sites is 1. The first-order valence-corrected chi connectivity index (χ1v) is 7.48. The van der Waals surface area contributed by atoms with Crippen LogP contribution in [0.5, 0.6) is 0 Å². The standard InChI is InChI=1S/C16H22N2O2/c1-13-6-5-9-17(10-13)11-15-12-18(16(19)20-15)14-7-3-2-4-8-14/h2-4,7-8,13,15H,5-6,9-12H2,1H3/t13-,15+/m0/s1. The predicted octanol–water partition coefficient (Wildman–Crippen LogP) is 2.74. The Balaban J connectivity index is 1.59. The maximum atomic E-state index is 12.0. The number of piperidine rings is 1. The lowest BCUT2D eigenvalue weighted by Gasteiger charge is -2.31. The first-order valence-electron chi connectivity index (χ1n) is 7.48. The second-order valence-corrected chi connectivity index (χ2v) is 5.96. The van der Waals surface area contributed by atoms with Gasteiger partial charge in [0.25, 0.3) is 0 Å². The second-order valence-electron chi connectivity index (χ2n) is 5.96. The lowest BCUT2D eigenvalue weighted by molar-refractivity contribution is 0.0901. The SMILES string of the molecule is C[C@H]1CCCN(C[C@@H]2CN(c3ccccc3)C(=O)O2)C1. The molecule has 0 saturated carbocycles. The molecule has 0 aliphatic carbocycles. The number of hydrogen-bond acceptors (Lipinski definition) is 3. The molecule has 4 nitrogen and oxygen atoms in total. The number of amides is 1. The van der Waals surface area contributed by atoms with Gasteiger partial charge in [0.05, 0.1) is 6.54 Å². The van der Waals surface area contributed by atoms with Crippen molar-refractivity contribution in [3.63, 3.8) is 0 Å². The molecule has 2 aliphatic rings. The van der Waals surface area contributed by atoms with E-state index in [0.29, 0.717) is 6.54 Å². The largest absolute Gasteiger partial charge is 0.443 e. The summed E-state index contributed by atoms with van der Waals surface area (Å²) in [4.78, 5) is 16.1. The lowest BCUT2D eigenvalue weighted by Crippen LogP contribution is -2.40.